The first-order chi connectivity index (χ1) is 8.83. The molecule has 0 aromatic heterocycles. The normalized spacial score (nSPS) is 25.5. The molecule has 2 N–H and O–H groups in total. The summed E-state index contributed by atoms with van der Waals surface area (Å²) < 4.78 is 9.54. The zero-order valence-corrected chi connectivity index (χ0v) is 11.7. The van der Waals surface area contributed by atoms with E-state index in [4.69, 9.17) is 4.74 Å². The molecule has 0 radical (unpaired) electrons. The molecule has 108 valence electrons. The molecule has 2 rings (SSSR count). The lowest BCUT2D eigenvalue weighted by Gasteiger charge is -2.27. The molecule has 0 amide bonds. The van der Waals surface area contributed by atoms with E-state index >= 15 is 0 Å². The Morgan fingerprint density at radius 3 is 2.42 bits per heavy atom. The fourth-order valence-electron chi connectivity index (χ4n) is 1.43. The summed E-state index contributed by atoms with van der Waals surface area (Å²) in [6, 6.07) is -0.187. The predicted octanol–water partition coefficient (Wildman–Crippen LogP) is -0.0127. The van der Waals surface area contributed by atoms with Gasteiger partial charge in [0.25, 0.3) is 0 Å². The van der Waals surface area contributed by atoms with Crippen molar-refractivity contribution in [3.05, 3.63) is 12.7 Å². The number of hydrogen-bond acceptors (Lipinski definition) is 6. The molecule has 2 unspecified atom stereocenters. The van der Waals surface area contributed by atoms with Crippen LogP contribution in [0.4, 0.5) is 0 Å². The molecule has 0 bridgehead atoms. The van der Waals surface area contributed by atoms with Crippen molar-refractivity contribution in [2.45, 2.75) is 38.5 Å². The van der Waals surface area contributed by atoms with Crippen molar-refractivity contribution in [3.8, 4) is 0 Å². The minimum atomic E-state index is -0.393. The topological polar surface area (TPSA) is 80.0 Å². The minimum absolute atomic E-state index is 0.162. The van der Waals surface area contributed by atoms with E-state index in [0.717, 1.165) is 13.1 Å². The Morgan fingerprint density at radius 1 is 1.47 bits per heavy atom. The number of epoxide rings is 1. The molecule has 0 spiro atoms. The van der Waals surface area contributed by atoms with Gasteiger partial charge in [0.2, 0.25) is 6.10 Å². The number of piperazine rings is 1. The first-order valence-electron chi connectivity index (χ1n) is 6.33. The third-order valence-electron chi connectivity index (χ3n) is 2.36. The van der Waals surface area contributed by atoms with Crippen molar-refractivity contribution in [1.82, 2.24) is 10.6 Å². The minimum Gasteiger partial charge on any atom is -0.459 e. The number of esters is 1. The number of ether oxygens (including phenoxy) is 2. The Balaban J connectivity index is 0.000000250. The first-order valence-corrected chi connectivity index (χ1v) is 6.33. The van der Waals surface area contributed by atoms with Crippen molar-refractivity contribution < 1.29 is 19.1 Å². The summed E-state index contributed by atoms with van der Waals surface area (Å²) in [7, 11) is 0. The standard InChI is InChI=1S/C9H18N2O2.C4H4O2/c1-9(2,3)13-8(12)7-6-10-4-5-11-7;1-2-3-4(5)6-3/h7,10-11H,4-6H2,1-3H3;2-3H,1H2. The van der Waals surface area contributed by atoms with E-state index in [1.807, 2.05) is 20.8 Å². The van der Waals surface area contributed by atoms with Gasteiger partial charge in [0.05, 0.1) is 0 Å². The van der Waals surface area contributed by atoms with Crippen LogP contribution in [0.5, 0.6) is 0 Å². The Kier molecular flexibility index (Phi) is 5.50. The van der Waals surface area contributed by atoms with Crippen molar-refractivity contribution in [1.29, 1.82) is 0 Å². The lowest BCUT2D eigenvalue weighted by molar-refractivity contribution is -0.157. The Bertz CT molecular complexity index is 343. The van der Waals surface area contributed by atoms with Crippen LogP contribution < -0.4 is 10.6 Å². The average molecular weight is 270 g/mol. The van der Waals surface area contributed by atoms with Crippen LogP contribution in [0.25, 0.3) is 0 Å². The summed E-state index contributed by atoms with van der Waals surface area (Å²) in [6.07, 6.45) is 1.20. The predicted molar refractivity (Wildman–Crippen MR) is 70.6 cm³/mol. The zero-order valence-electron chi connectivity index (χ0n) is 11.7. The summed E-state index contributed by atoms with van der Waals surface area (Å²) in [5.74, 6) is -0.329. The highest BCUT2D eigenvalue weighted by molar-refractivity contribution is 5.89. The van der Waals surface area contributed by atoms with Crippen LogP contribution in [0.2, 0.25) is 0 Å². The number of nitrogens with one attached hydrogen (secondary N) is 2. The van der Waals surface area contributed by atoms with E-state index in [0.29, 0.717) is 6.54 Å². The molecule has 2 aliphatic rings. The highest BCUT2D eigenvalue weighted by Crippen LogP contribution is 2.11. The molecule has 6 heteroatoms. The van der Waals surface area contributed by atoms with Gasteiger partial charge in [-0.1, -0.05) is 6.58 Å². The second kappa shape index (κ2) is 6.68. The lowest BCUT2D eigenvalue weighted by atomic mass is 10.2. The summed E-state index contributed by atoms with van der Waals surface area (Å²) in [6.45, 7) is 11.4. The molecule has 0 saturated carbocycles. The van der Waals surface area contributed by atoms with Gasteiger partial charge in [-0.2, -0.15) is 0 Å². The second-order valence-corrected chi connectivity index (χ2v) is 5.34. The number of carbonyl (C=O) groups excluding carboxylic acids is 2. The van der Waals surface area contributed by atoms with Crippen LogP contribution >= 0.6 is 0 Å². The fraction of sp³-hybridized carbons (Fsp3) is 0.692. The van der Waals surface area contributed by atoms with E-state index in [2.05, 4.69) is 21.9 Å². The molecular formula is C13H22N2O4. The van der Waals surface area contributed by atoms with E-state index < -0.39 is 5.60 Å². The van der Waals surface area contributed by atoms with Gasteiger partial charge >= 0.3 is 11.9 Å². The van der Waals surface area contributed by atoms with Gasteiger partial charge in [-0.15, -0.1) is 0 Å². The van der Waals surface area contributed by atoms with E-state index in [9.17, 15) is 9.59 Å². The summed E-state index contributed by atoms with van der Waals surface area (Å²) in [5, 5.41) is 6.24. The maximum atomic E-state index is 11.5. The van der Waals surface area contributed by atoms with Crippen LogP contribution in [-0.2, 0) is 19.1 Å². The molecule has 0 aromatic carbocycles. The lowest BCUT2D eigenvalue weighted by Crippen LogP contribution is -2.53. The average Bonchev–Trinajstić information content (AvgIpc) is 3.05. The summed E-state index contributed by atoms with van der Waals surface area (Å²) in [4.78, 5) is 21.3. The van der Waals surface area contributed by atoms with Crippen molar-refractivity contribution in [2.75, 3.05) is 19.6 Å². The van der Waals surface area contributed by atoms with Crippen molar-refractivity contribution in [3.63, 3.8) is 0 Å². The zero-order chi connectivity index (χ0) is 14.5. The number of hydrogen-bond donors (Lipinski definition) is 2. The third-order valence-corrected chi connectivity index (χ3v) is 2.36. The van der Waals surface area contributed by atoms with Gasteiger partial charge in [-0.25, -0.2) is 4.79 Å². The Labute approximate surface area is 113 Å². The number of cyclic esters (lactones) is 1. The van der Waals surface area contributed by atoms with Gasteiger partial charge in [0, 0.05) is 19.6 Å². The van der Waals surface area contributed by atoms with E-state index in [1.54, 1.807) is 0 Å². The van der Waals surface area contributed by atoms with Crippen molar-refractivity contribution in [2.24, 2.45) is 0 Å². The Hall–Kier alpha value is -1.40. The van der Waals surface area contributed by atoms with Gasteiger partial charge in [-0.05, 0) is 26.8 Å². The van der Waals surface area contributed by atoms with Crippen LogP contribution in [0, 0.1) is 0 Å². The maximum Gasteiger partial charge on any atom is 0.352 e. The number of carbonyl (C=O) groups is 2. The molecule has 2 aliphatic heterocycles. The van der Waals surface area contributed by atoms with Crippen LogP contribution in [-0.4, -0.2) is 49.3 Å². The van der Waals surface area contributed by atoms with Crippen LogP contribution in [0.3, 0.4) is 0 Å². The smallest absolute Gasteiger partial charge is 0.352 e. The van der Waals surface area contributed by atoms with Crippen LogP contribution in [0.15, 0.2) is 12.7 Å². The molecular weight excluding hydrogens is 248 g/mol. The van der Waals surface area contributed by atoms with Gasteiger partial charge in [-0.3, -0.25) is 4.79 Å². The van der Waals surface area contributed by atoms with E-state index in [-0.39, 0.29) is 24.1 Å². The molecule has 2 saturated heterocycles. The van der Waals surface area contributed by atoms with Gasteiger partial charge < -0.3 is 20.1 Å². The number of rotatable bonds is 2. The largest absolute Gasteiger partial charge is 0.459 e. The fourth-order valence-corrected chi connectivity index (χ4v) is 1.43. The molecule has 2 fully saturated rings. The monoisotopic (exact) mass is 270 g/mol. The molecule has 6 nitrogen and oxygen atoms in total. The molecule has 2 heterocycles. The summed E-state index contributed by atoms with van der Waals surface area (Å²) >= 11 is 0. The first kappa shape index (κ1) is 15.7. The highest BCUT2D eigenvalue weighted by atomic mass is 16.6. The summed E-state index contributed by atoms with van der Waals surface area (Å²) in [5.41, 5.74) is -0.393. The highest BCUT2D eigenvalue weighted by Gasteiger charge is 2.34. The quantitative estimate of drug-likeness (QED) is 0.417. The van der Waals surface area contributed by atoms with Gasteiger partial charge in [0.15, 0.2) is 0 Å². The van der Waals surface area contributed by atoms with E-state index in [1.165, 1.54) is 6.08 Å². The molecule has 0 aromatic rings. The molecule has 19 heavy (non-hydrogen) atoms. The van der Waals surface area contributed by atoms with Crippen LogP contribution in [0.1, 0.15) is 20.8 Å². The second-order valence-electron chi connectivity index (χ2n) is 5.34. The van der Waals surface area contributed by atoms with Gasteiger partial charge in [0.1, 0.15) is 11.6 Å². The Morgan fingerprint density at radius 2 is 2.11 bits per heavy atom. The maximum absolute atomic E-state index is 11.5. The molecule has 0 aliphatic carbocycles. The van der Waals surface area contributed by atoms with Crippen molar-refractivity contribution >= 4 is 11.9 Å². The third kappa shape index (κ3) is 6.35. The SMILES string of the molecule is C=CC1OC1=O.CC(C)(C)OC(=O)C1CNCCN1. The molecule has 2 atom stereocenters.